The second-order valence-corrected chi connectivity index (χ2v) is 1.65. The van der Waals surface area contributed by atoms with Gasteiger partial charge in [0.1, 0.15) is 0 Å². The van der Waals surface area contributed by atoms with Crippen LogP contribution in [0.2, 0.25) is 0 Å². The second kappa shape index (κ2) is 11.3. The molecule has 0 fully saturated rings. The molecule has 2 N–H and O–H groups in total. The second-order valence-electron chi connectivity index (χ2n) is 1.65. The molecule has 3 nitrogen and oxygen atoms in total. The van der Waals surface area contributed by atoms with Crippen LogP contribution in [-0.2, 0) is 4.74 Å². The zero-order chi connectivity index (χ0) is 8.41. The van der Waals surface area contributed by atoms with Gasteiger partial charge in [0.15, 0.2) is 0 Å². The SMILES string of the molecule is C=COCC.CC(O)CO. The minimum atomic E-state index is -0.560. The van der Waals surface area contributed by atoms with Gasteiger partial charge in [-0.15, -0.1) is 0 Å². The molecule has 0 bridgehead atoms. The first-order valence-electron chi connectivity index (χ1n) is 3.20. The van der Waals surface area contributed by atoms with Crippen LogP contribution in [0.15, 0.2) is 12.8 Å². The molecule has 0 aromatic carbocycles. The summed E-state index contributed by atoms with van der Waals surface area (Å²) in [6, 6.07) is 0. The molecule has 0 saturated heterocycles. The lowest BCUT2D eigenvalue weighted by Gasteiger charge is -1.90. The van der Waals surface area contributed by atoms with Crippen molar-refractivity contribution in [3.05, 3.63) is 12.8 Å². The number of rotatable bonds is 3. The molecule has 0 aliphatic heterocycles. The van der Waals surface area contributed by atoms with Crippen LogP contribution in [0.5, 0.6) is 0 Å². The van der Waals surface area contributed by atoms with Crippen LogP contribution in [0.25, 0.3) is 0 Å². The number of hydrogen-bond acceptors (Lipinski definition) is 3. The minimum absolute atomic E-state index is 0.139. The van der Waals surface area contributed by atoms with E-state index in [0.29, 0.717) is 0 Å². The number of hydrogen-bond donors (Lipinski definition) is 2. The van der Waals surface area contributed by atoms with Gasteiger partial charge in [0.25, 0.3) is 0 Å². The number of aliphatic hydroxyl groups is 2. The maximum absolute atomic E-state index is 8.11. The standard InChI is InChI=1S/C4H8O.C3H8O2/c1-3-5-4-2;1-3(5)2-4/h3H,1,4H2,2H3;3-5H,2H2,1H3. The molecule has 0 spiro atoms. The minimum Gasteiger partial charge on any atom is -0.502 e. The average molecular weight is 148 g/mol. The van der Waals surface area contributed by atoms with E-state index >= 15 is 0 Å². The van der Waals surface area contributed by atoms with Crippen molar-refractivity contribution in [2.45, 2.75) is 20.0 Å². The zero-order valence-corrected chi connectivity index (χ0v) is 6.58. The van der Waals surface area contributed by atoms with E-state index < -0.39 is 6.10 Å². The molecule has 1 unspecified atom stereocenters. The van der Waals surface area contributed by atoms with Crippen LogP contribution in [0.3, 0.4) is 0 Å². The van der Waals surface area contributed by atoms with Gasteiger partial charge in [-0.25, -0.2) is 0 Å². The van der Waals surface area contributed by atoms with Gasteiger partial charge in [-0.05, 0) is 13.8 Å². The van der Waals surface area contributed by atoms with Crippen molar-refractivity contribution < 1.29 is 14.9 Å². The van der Waals surface area contributed by atoms with E-state index in [1.54, 1.807) is 0 Å². The van der Waals surface area contributed by atoms with Crippen molar-refractivity contribution in [1.29, 1.82) is 0 Å². The highest BCUT2D eigenvalue weighted by molar-refractivity contribution is 4.45. The molecule has 3 heteroatoms. The molecule has 0 radical (unpaired) electrons. The van der Waals surface area contributed by atoms with Gasteiger partial charge < -0.3 is 14.9 Å². The Labute approximate surface area is 61.9 Å². The number of aliphatic hydroxyl groups excluding tert-OH is 2. The Morgan fingerprint density at radius 2 is 2.10 bits per heavy atom. The van der Waals surface area contributed by atoms with Crippen molar-refractivity contribution in [3.8, 4) is 0 Å². The summed E-state index contributed by atoms with van der Waals surface area (Å²) >= 11 is 0. The molecule has 1 atom stereocenters. The molecule has 0 heterocycles. The smallest absolute Gasteiger partial charge is 0.0844 e. The molecule has 0 amide bonds. The van der Waals surface area contributed by atoms with E-state index in [4.69, 9.17) is 10.2 Å². The van der Waals surface area contributed by atoms with E-state index in [-0.39, 0.29) is 6.61 Å². The van der Waals surface area contributed by atoms with Gasteiger partial charge in [-0.1, -0.05) is 6.58 Å². The van der Waals surface area contributed by atoms with E-state index in [1.807, 2.05) is 6.92 Å². The molecular formula is C7H16O3. The Bertz CT molecular complexity index is 61.9. The largest absolute Gasteiger partial charge is 0.502 e. The Kier molecular flexibility index (Phi) is 13.7. The Morgan fingerprint density at radius 1 is 1.70 bits per heavy atom. The summed E-state index contributed by atoms with van der Waals surface area (Å²) in [4.78, 5) is 0. The summed E-state index contributed by atoms with van der Waals surface area (Å²) in [7, 11) is 0. The first kappa shape index (κ1) is 12.2. The molecule has 0 aliphatic carbocycles. The third-order valence-electron chi connectivity index (χ3n) is 0.549. The molecule has 0 aromatic rings. The highest BCUT2D eigenvalue weighted by Crippen LogP contribution is 1.68. The van der Waals surface area contributed by atoms with Gasteiger partial charge in [-0.2, -0.15) is 0 Å². The third-order valence-corrected chi connectivity index (χ3v) is 0.549. The molecule has 0 rings (SSSR count). The topological polar surface area (TPSA) is 49.7 Å². The maximum Gasteiger partial charge on any atom is 0.0844 e. The predicted octanol–water partition coefficient (Wildman–Crippen LogP) is 0.526. The molecule has 0 aliphatic rings. The van der Waals surface area contributed by atoms with Crippen LogP contribution >= 0.6 is 0 Å². The van der Waals surface area contributed by atoms with Gasteiger partial charge >= 0.3 is 0 Å². The summed E-state index contributed by atoms with van der Waals surface area (Å²) in [5.74, 6) is 0. The fraction of sp³-hybridized carbons (Fsp3) is 0.714. The molecule has 0 saturated carbocycles. The van der Waals surface area contributed by atoms with E-state index in [1.165, 1.54) is 13.2 Å². The average Bonchev–Trinajstić information content (AvgIpc) is 1.91. The van der Waals surface area contributed by atoms with Crippen molar-refractivity contribution in [1.82, 2.24) is 0 Å². The van der Waals surface area contributed by atoms with Crippen molar-refractivity contribution >= 4 is 0 Å². The first-order valence-corrected chi connectivity index (χ1v) is 3.20. The van der Waals surface area contributed by atoms with Gasteiger partial charge in [-0.3, -0.25) is 0 Å². The lowest BCUT2D eigenvalue weighted by Crippen LogP contribution is -2.03. The Balaban J connectivity index is 0. The maximum atomic E-state index is 8.11. The quantitative estimate of drug-likeness (QED) is 0.574. The highest BCUT2D eigenvalue weighted by Gasteiger charge is 1.83. The first-order chi connectivity index (χ1) is 4.68. The van der Waals surface area contributed by atoms with Crippen LogP contribution in [0.4, 0.5) is 0 Å². The lowest BCUT2D eigenvalue weighted by molar-refractivity contribution is 0.110. The van der Waals surface area contributed by atoms with Crippen LogP contribution < -0.4 is 0 Å². The van der Waals surface area contributed by atoms with Crippen molar-refractivity contribution in [2.75, 3.05) is 13.2 Å². The summed E-state index contributed by atoms with van der Waals surface area (Å²) in [5, 5.41) is 16.0. The fourth-order valence-corrected chi connectivity index (χ4v) is 0.118. The molecule has 0 aromatic heterocycles. The summed E-state index contributed by atoms with van der Waals surface area (Å²) in [5.41, 5.74) is 0. The highest BCUT2D eigenvalue weighted by atomic mass is 16.5. The normalized spacial score (nSPS) is 10.8. The number of ether oxygens (including phenoxy) is 1. The van der Waals surface area contributed by atoms with Gasteiger partial charge in [0.05, 0.1) is 25.6 Å². The molecule has 10 heavy (non-hydrogen) atoms. The Morgan fingerprint density at radius 3 is 2.10 bits per heavy atom. The zero-order valence-electron chi connectivity index (χ0n) is 6.58. The van der Waals surface area contributed by atoms with Crippen LogP contribution in [0, 0.1) is 0 Å². The summed E-state index contributed by atoms with van der Waals surface area (Å²) in [6.45, 7) is 7.36. The fourth-order valence-electron chi connectivity index (χ4n) is 0.118. The van der Waals surface area contributed by atoms with Gasteiger partial charge in [0.2, 0.25) is 0 Å². The Hall–Kier alpha value is -0.540. The van der Waals surface area contributed by atoms with Crippen molar-refractivity contribution in [3.63, 3.8) is 0 Å². The molecular weight excluding hydrogens is 132 g/mol. The van der Waals surface area contributed by atoms with Crippen LogP contribution in [-0.4, -0.2) is 29.5 Å². The van der Waals surface area contributed by atoms with Crippen LogP contribution in [0.1, 0.15) is 13.8 Å². The van der Waals surface area contributed by atoms with E-state index in [0.717, 1.165) is 6.61 Å². The van der Waals surface area contributed by atoms with E-state index in [2.05, 4.69) is 11.3 Å². The summed E-state index contributed by atoms with van der Waals surface area (Å²) in [6.07, 6.45) is 0.870. The third kappa shape index (κ3) is 26.0. The molecule has 62 valence electrons. The lowest BCUT2D eigenvalue weighted by atomic mass is 10.5. The van der Waals surface area contributed by atoms with E-state index in [9.17, 15) is 0 Å². The van der Waals surface area contributed by atoms with Crippen molar-refractivity contribution in [2.24, 2.45) is 0 Å². The monoisotopic (exact) mass is 148 g/mol. The van der Waals surface area contributed by atoms with Gasteiger partial charge in [0, 0.05) is 0 Å². The predicted molar refractivity (Wildman–Crippen MR) is 40.6 cm³/mol. The summed E-state index contributed by atoms with van der Waals surface area (Å²) < 4.78 is 4.60.